The van der Waals surface area contributed by atoms with Crippen molar-refractivity contribution in [1.82, 2.24) is 0 Å². The van der Waals surface area contributed by atoms with E-state index in [2.05, 4.69) is 41.2 Å². The molecular weight excluding hydrogens is 212 g/mol. The number of allylic oxidation sites excluding steroid dienone is 1. The number of hydrogen-bond donors (Lipinski definition) is 1. The summed E-state index contributed by atoms with van der Waals surface area (Å²) in [6, 6.07) is 0. The quantitative estimate of drug-likeness (QED) is 0.422. The molecule has 0 bridgehead atoms. The smallest absolute Gasteiger partial charge is 0.00962 e. The van der Waals surface area contributed by atoms with Crippen molar-refractivity contribution in [3.63, 3.8) is 0 Å². The summed E-state index contributed by atoms with van der Waals surface area (Å²) in [6.45, 7) is 15.4. The van der Waals surface area contributed by atoms with Crippen molar-refractivity contribution in [1.29, 1.82) is 0 Å². The second-order valence-electron chi connectivity index (χ2n) is 5.68. The summed E-state index contributed by atoms with van der Waals surface area (Å²) in [7, 11) is 0. The fourth-order valence-corrected chi connectivity index (χ4v) is 2.88. The predicted octanol–water partition coefficient (Wildman–Crippen LogP) is 5.49. The third-order valence-corrected chi connectivity index (χ3v) is 5.04. The minimum atomic E-state index is 0.395. The van der Waals surface area contributed by atoms with Crippen LogP contribution in [0, 0.1) is 11.3 Å². The molecule has 16 heavy (non-hydrogen) atoms. The Hall–Kier alpha value is 0.0900. The van der Waals surface area contributed by atoms with Crippen molar-refractivity contribution in [3.05, 3.63) is 12.2 Å². The molecule has 0 aliphatic carbocycles. The van der Waals surface area contributed by atoms with E-state index in [0.717, 1.165) is 6.42 Å². The van der Waals surface area contributed by atoms with Gasteiger partial charge >= 0.3 is 0 Å². The molecule has 0 aromatic heterocycles. The molecule has 0 aliphatic heterocycles. The highest BCUT2D eigenvalue weighted by molar-refractivity contribution is 7.81. The van der Waals surface area contributed by atoms with Gasteiger partial charge in [0.15, 0.2) is 0 Å². The molecule has 0 aliphatic rings. The first-order chi connectivity index (χ1) is 7.37. The average molecular weight is 242 g/mol. The van der Waals surface area contributed by atoms with Gasteiger partial charge in [-0.25, -0.2) is 0 Å². The highest BCUT2D eigenvalue weighted by Crippen LogP contribution is 2.40. The Balaban J connectivity index is 4.37. The van der Waals surface area contributed by atoms with Crippen molar-refractivity contribution in [3.8, 4) is 0 Å². The molecule has 0 amide bonds. The average Bonchev–Trinajstić information content (AvgIpc) is 2.24. The summed E-state index contributed by atoms with van der Waals surface area (Å²) in [5.74, 6) is 0.677. The Morgan fingerprint density at radius 3 is 2.31 bits per heavy atom. The zero-order chi connectivity index (χ0) is 12.8. The van der Waals surface area contributed by atoms with Crippen LogP contribution in [0.4, 0.5) is 0 Å². The van der Waals surface area contributed by atoms with Crippen LogP contribution in [0.3, 0.4) is 0 Å². The molecule has 0 fully saturated rings. The molecule has 1 heteroatoms. The SMILES string of the molecule is C=C(C)CCC(C)C(S)C(C)(CC)CCC. The molecule has 0 saturated heterocycles. The van der Waals surface area contributed by atoms with Gasteiger partial charge in [-0.2, -0.15) is 12.6 Å². The highest BCUT2D eigenvalue weighted by atomic mass is 32.1. The number of hydrogen-bond acceptors (Lipinski definition) is 1. The Morgan fingerprint density at radius 1 is 1.38 bits per heavy atom. The lowest BCUT2D eigenvalue weighted by Crippen LogP contribution is -2.32. The Labute approximate surface area is 108 Å². The van der Waals surface area contributed by atoms with Crippen LogP contribution in [0.2, 0.25) is 0 Å². The molecule has 0 aromatic rings. The monoisotopic (exact) mass is 242 g/mol. The van der Waals surface area contributed by atoms with Crippen LogP contribution < -0.4 is 0 Å². The fourth-order valence-electron chi connectivity index (χ4n) is 2.42. The van der Waals surface area contributed by atoms with Crippen LogP contribution >= 0.6 is 12.6 Å². The zero-order valence-corrected chi connectivity index (χ0v) is 12.7. The van der Waals surface area contributed by atoms with E-state index in [4.69, 9.17) is 12.6 Å². The van der Waals surface area contributed by atoms with Gasteiger partial charge in [0.25, 0.3) is 0 Å². The minimum absolute atomic E-state index is 0.395. The summed E-state index contributed by atoms with van der Waals surface area (Å²) < 4.78 is 0. The Morgan fingerprint density at radius 2 is 1.94 bits per heavy atom. The Bertz CT molecular complexity index is 209. The van der Waals surface area contributed by atoms with E-state index in [1.807, 2.05) is 0 Å². The first-order valence-corrected chi connectivity index (χ1v) is 7.21. The maximum Gasteiger partial charge on any atom is 0.00962 e. The third kappa shape index (κ3) is 4.95. The van der Waals surface area contributed by atoms with Crippen LogP contribution in [0.5, 0.6) is 0 Å². The summed E-state index contributed by atoms with van der Waals surface area (Å²) >= 11 is 4.89. The van der Waals surface area contributed by atoms with Gasteiger partial charge in [-0.15, -0.1) is 6.58 Å². The van der Waals surface area contributed by atoms with E-state index < -0.39 is 0 Å². The maximum absolute atomic E-state index is 4.89. The van der Waals surface area contributed by atoms with E-state index in [0.29, 0.717) is 16.6 Å². The minimum Gasteiger partial charge on any atom is -0.175 e. The van der Waals surface area contributed by atoms with Crippen LogP contribution in [0.1, 0.15) is 66.7 Å². The van der Waals surface area contributed by atoms with Crippen LogP contribution in [0.15, 0.2) is 12.2 Å². The number of rotatable bonds is 8. The lowest BCUT2D eigenvalue weighted by Gasteiger charge is -2.38. The van der Waals surface area contributed by atoms with Gasteiger partial charge in [-0.3, -0.25) is 0 Å². The number of thiol groups is 1. The van der Waals surface area contributed by atoms with Gasteiger partial charge < -0.3 is 0 Å². The maximum atomic E-state index is 4.89. The lowest BCUT2D eigenvalue weighted by molar-refractivity contribution is 0.226. The zero-order valence-electron chi connectivity index (χ0n) is 11.8. The Kier molecular flexibility index (Phi) is 7.46. The highest BCUT2D eigenvalue weighted by Gasteiger charge is 2.32. The second-order valence-corrected chi connectivity index (χ2v) is 6.23. The fraction of sp³-hybridized carbons (Fsp3) is 0.867. The van der Waals surface area contributed by atoms with Gasteiger partial charge in [0.05, 0.1) is 0 Å². The first-order valence-electron chi connectivity index (χ1n) is 6.69. The molecule has 0 spiro atoms. The van der Waals surface area contributed by atoms with Crippen LogP contribution in [-0.4, -0.2) is 5.25 Å². The molecule has 0 aromatic carbocycles. The van der Waals surface area contributed by atoms with E-state index in [9.17, 15) is 0 Å². The van der Waals surface area contributed by atoms with Gasteiger partial charge in [0.1, 0.15) is 0 Å². The summed E-state index contributed by atoms with van der Waals surface area (Å²) in [4.78, 5) is 0. The van der Waals surface area contributed by atoms with E-state index in [1.54, 1.807) is 0 Å². The van der Waals surface area contributed by atoms with Crippen molar-refractivity contribution in [2.24, 2.45) is 11.3 Å². The molecular formula is C15H30S. The van der Waals surface area contributed by atoms with E-state index in [1.165, 1.54) is 31.3 Å². The third-order valence-electron chi connectivity index (χ3n) is 3.91. The topological polar surface area (TPSA) is 0 Å². The summed E-state index contributed by atoms with van der Waals surface area (Å²) in [6.07, 6.45) is 6.14. The van der Waals surface area contributed by atoms with Crippen LogP contribution in [0.25, 0.3) is 0 Å². The van der Waals surface area contributed by atoms with E-state index in [-0.39, 0.29) is 0 Å². The molecule has 0 saturated carbocycles. The van der Waals surface area contributed by atoms with Gasteiger partial charge in [0.2, 0.25) is 0 Å². The largest absolute Gasteiger partial charge is 0.175 e. The first kappa shape index (κ1) is 16.1. The predicted molar refractivity (Wildman–Crippen MR) is 79.3 cm³/mol. The molecule has 96 valence electrons. The molecule has 3 atom stereocenters. The van der Waals surface area contributed by atoms with E-state index >= 15 is 0 Å². The van der Waals surface area contributed by atoms with Crippen molar-refractivity contribution < 1.29 is 0 Å². The summed E-state index contributed by atoms with van der Waals surface area (Å²) in [5.41, 5.74) is 1.69. The standard InChI is InChI=1S/C15H30S/c1-7-11-15(6,8-2)14(16)13(5)10-9-12(3)4/h13-14,16H,3,7-11H2,1-2,4-6H3. The molecule has 0 rings (SSSR count). The van der Waals surface area contributed by atoms with Gasteiger partial charge in [0, 0.05) is 5.25 Å². The van der Waals surface area contributed by atoms with Crippen molar-refractivity contribution in [2.75, 3.05) is 0 Å². The molecule has 0 nitrogen and oxygen atoms in total. The molecule has 0 N–H and O–H groups in total. The summed E-state index contributed by atoms with van der Waals surface area (Å²) in [5, 5.41) is 0.511. The van der Waals surface area contributed by atoms with Gasteiger partial charge in [-0.1, -0.05) is 39.7 Å². The normalized spacial score (nSPS) is 18.9. The lowest BCUT2D eigenvalue weighted by atomic mass is 9.74. The molecule has 0 heterocycles. The second kappa shape index (κ2) is 7.42. The van der Waals surface area contributed by atoms with Crippen molar-refractivity contribution >= 4 is 12.6 Å². The van der Waals surface area contributed by atoms with Crippen LogP contribution in [-0.2, 0) is 0 Å². The van der Waals surface area contributed by atoms with Crippen molar-refractivity contribution in [2.45, 2.75) is 72.0 Å². The van der Waals surface area contributed by atoms with Gasteiger partial charge in [-0.05, 0) is 43.9 Å². The molecule has 0 radical (unpaired) electrons. The molecule has 3 unspecified atom stereocenters.